The first-order chi connectivity index (χ1) is 17.7. The molecule has 1 unspecified atom stereocenters. The van der Waals surface area contributed by atoms with Gasteiger partial charge in [-0.15, -0.1) is 0 Å². The number of ether oxygens (including phenoxy) is 1. The number of morpholine rings is 1. The summed E-state index contributed by atoms with van der Waals surface area (Å²) in [6.45, 7) is 9.73. The SMILES string of the molecule is CCC(CN1CC[C@@H](CCc2ccc3cccnc3n2)C1)c1cc(C2CC2)cc(N2CCOCC2)c1. The lowest BCUT2D eigenvalue weighted by Crippen LogP contribution is -2.36. The molecule has 190 valence electrons. The van der Waals surface area contributed by atoms with E-state index < -0.39 is 0 Å². The second-order valence-corrected chi connectivity index (χ2v) is 11.1. The van der Waals surface area contributed by atoms with Crippen LogP contribution in [0.25, 0.3) is 11.0 Å². The highest BCUT2D eigenvalue weighted by Crippen LogP contribution is 2.43. The highest BCUT2D eigenvalue weighted by atomic mass is 16.5. The van der Waals surface area contributed by atoms with Crippen molar-refractivity contribution >= 4 is 16.7 Å². The van der Waals surface area contributed by atoms with Crippen LogP contribution in [-0.2, 0) is 11.2 Å². The predicted octanol–water partition coefficient (Wildman–Crippen LogP) is 5.79. The van der Waals surface area contributed by atoms with Crippen molar-refractivity contribution in [3.8, 4) is 0 Å². The van der Waals surface area contributed by atoms with Gasteiger partial charge < -0.3 is 14.5 Å². The smallest absolute Gasteiger partial charge is 0.159 e. The molecule has 1 aliphatic carbocycles. The van der Waals surface area contributed by atoms with Gasteiger partial charge in [-0.1, -0.05) is 13.0 Å². The number of hydrogen-bond acceptors (Lipinski definition) is 5. The van der Waals surface area contributed by atoms with Crippen LogP contribution in [0.1, 0.15) is 67.7 Å². The van der Waals surface area contributed by atoms with E-state index in [2.05, 4.69) is 58.1 Å². The second kappa shape index (κ2) is 10.9. The van der Waals surface area contributed by atoms with Gasteiger partial charge in [0.15, 0.2) is 5.65 Å². The van der Waals surface area contributed by atoms with Crippen molar-refractivity contribution in [1.29, 1.82) is 0 Å². The van der Waals surface area contributed by atoms with Crippen LogP contribution in [0.3, 0.4) is 0 Å². The highest BCUT2D eigenvalue weighted by Gasteiger charge is 2.28. The first-order valence-corrected chi connectivity index (χ1v) is 14.2. The molecule has 6 rings (SSSR count). The van der Waals surface area contributed by atoms with Crippen molar-refractivity contribution < 1.29 is 4.74 Å². The Morgan fingerprint density at radius 2 is 1.92 bits per heavy atom. The molecule has 3 aliphatic rings. The third-order valence-corrected chi connectivity index (χ3v) is 8.53. The average Bonchev–Trinajstić information content (AvgIpc) is 3.70. The average molecular weight is 485 g/mol. The minimum atomic E-state index is 0.607. The van der Waals surface area contributed by atoms with Crippen LogP contribution in [0, 0.1) is 5.92 Å². The number of anilines is 1. The van der Waals surface area contributed by atoms with E-state index in [1.54, 1.807) is 11.1 Å². The Bertz CT molecular complexity index is 1170. The Labute approximate surface area is 215 Å². The number of benzene rings is 1. The predicted molar refractivity (Wildman–Crippen MR) is 147 cm³/mol. The lowest BCUT2D eigenvalue weighted by Gasteiger charge is -2.31. The molecule has 1 aromatic carbocycles. The Hall–Kier alpha value is -2.50. The van der Waals surface area contributed by atoms with Crippen molar-refractivity contribution in [3.63, 3.8) is 0 Å². The molecule has 36 heavy (non-hydrogen) atoms. The summed E-state index contributed by atoms with van der Waals surface area (Å²) in [5, 5.41) is 1.13. The van der Waals surface area contributed by atoms with Gasteiger partial charge in [0.2, 0.25) is 0 Å². The minimum absolute atomic E-state index is 0.607. The summed E-state index contributed by atoms with van der Waals surface area (Å²) in [6, 6.07) is 15.9. The standard InChI is InChI=1S/C31H40N4O/c1-2-24(27-18-28(25-6-7-25)20-30(19-27)35-14-16-36-17-15-35)22-34-13-11-23(21-34)5-9-29-10-8-26-4-3-12-32-31(26)33-29/h3-4,8,10,12,18-20,23-25H,2,5-7,9,11,13-17,21-22H2,1H3/t23-,24?/m1/s1. The summed E-state index contributed by atoms with van der Waals surface area (Å²) in [4.78, 5) is 14.5. The molecule has 2 aromatic heterocycles. The van der Waals surface area contributed by atoms with Gasteiger partial charge in [-0.05, 0) is 110 Å². The van der Waals surface area contributed by atoms with Gasteiger partial charge in [0.1, 0.15) is 0 Å². The summed E-state index contributed by atoms with van der Waals surface area (Å²) in [5.74, 6) is 2.17. The Morgan fingerprint density at radius 1 is 1.03 bits per heavy atom. The van der Waals surface area contributed by atoms with Crippen LogP contribution in [0.4, 0.5) is 5.69 Å². The van der Waals surface area contributed by atoms with Crippen LogP contribution >= 0.6 is 0 Å². The quantitative estimate of drug-likeness (QED) is 0.384. The van der Waals surface area contributed by atoms with Crippen molar-refractivity contribution in [2.45, 2.75) is 57.3 Å². The van der Waals surface area contributed by atoms with Crippen LogP contribution in [0.2, 0.25) is 0 Å². The zero-order chi connectivity index (χ0) is 24.3. The molecule has 3 aromatic rings. The Balaban J connectivity index is 1.08. The van der Waals surface area contributed by atoms with Crippen LogP contribution < -0.4 is 4.90 Å². The fraction of sp³-hybridized carbons (Fsp3) is 0.548. The molecule has 3 fully saturated rings. The number of nitrogens with zero attached hydrogens (tertiary/aromatic N) is 4. The van der Waals surface area contributed by atoms with Gasteiger partial charge in [0.25, 0.3) is 0 Å². The maximum atomic E-state index is 5.62. The number of fused-ring (bicyclic) bond motifs is 1. The topological polar surface area (TPSA) is 41.5 Å². The molecule has 0 bridgehead atoms. The van der Waals surface area contributed by atoms with E-state index in [1.807, 2.05) is 12.3 Å². The van der Waals surface area contributed by atoms with Gasteiger partial charge in [0.05, 0.1) is 13.2 Å². The van der Waals surface area contributed by atoms with E-state index in [0.29, 0.717) is 5.92 Å². The zero-order valence-corrected chi connectivity index (χ0v) is 21.7. The van der Waals surface area contributed by atoms with Crippen LogP contribution in [-0.4, -0.2) is 60.8 Å². The lowest BCUT2D eigenvalue weighted by molar-refractivity contribution is 0.122. The third-order valence-electron chi connectivity index (χ3n) is 8.53. The maximum Gasteiger partial charge on any atom is 0.159 e. The Morgan fingerprint density at radius 3 is 2.75 bits per heavy atom. The first-order valence-electron chi connectivity index (χ1n) is 14.2. The summed E-state index contributed by atoms with van der Waals surface area (Å²) >= 11 is 0. The summed E-state index contributed by atoms with van der Waals surface area (Å²) in [7, 11) is 0. The van der Waals surface area contributed by atoms with Crippen molar-refractivity contribution in [2.24, 2.45) is 5.92 Å². The summed E-state index contributed by atoms with van der Waals surface area (Å²) in [5.41, 5.74) is 6.61. The molecule has 2 saturated heterocycles. The van der Waals surface area contributed by atoms with E-state index in [4.69, 9.17) is 9.72 Å². The maximum absolute atomic E-state index is 5.62. The van der Waals surface area contributed by atoms with E-state index in [1.165, 1.54) is 63.1 Å². The van der Waals surface area contributed by atoms with E-state index in [0.717, 1.165) is 55.6 Å². The van der Waals surface area contributed by atoms with Crippen molar-refractivity contribution in [1.82, 2.24) is 14.9 Å². The Kier molecular flexibility index (Phi) is 7.20. The molecule has 2 atom stereocenters. The van der Waals surface area contributed by atoms with Gasteiger partial charge in [0, 0.05) is 49.1 Å². The first kappa shape index (κ1) is 23.9. The molecule has 5 nitrogen and oxygen atoms in total. The number of aromatic nitrogens is 2. The normalized spacial score (nSPS) is 21.8. The number of pyridine rings is 2. The largest absolute Gasteiger partial charge is 0.378 e. The van der Waals surface area contributed by atoms with Crippen molar-refractivity contribution in [2.75, 3.05) is 50.8 Å². The second-order valence-electron chi connectivity index (χ2n) is 11.1. The van der Waals surface area contributed by atoms with Crippen LogP contribution in [0.5, 0.6) is 0 Å². The molecule has 5 heteroatoms. The molecular formula is C31H40N4O. The van der Waals surface area contributed by atoms with Gasteiger partial charge in [-0.2, -0.15) is 0 Å². The molecular weight excluding hydrogens is 444 g/mol. The number of likely N-dealkylation sites (tertiary alicyclic amines) is 1. The fourth-order valence-electron chi connectivity index (χ4n) is 6.13. The number of rotatable bonds is 9. The molecule has 0 spiro atoms. The number of aryl methyl sites for hydroxylation is 1. The molecule has 0 radical (unpaired) electrons. The summed E-state index contributed by atoms with van der Waals surface area (Å²) < 4.78 is 5.62. The van der Waals surface area contributed by atoms with E-state index >= 15 is 0 Å². The van der Waals surface area contributed by atoms with Crippen molar-refractivity contribution in [3.05, 3.63) is 65.5 Å². The van der Waals surface area contributed by atoms with E-state index in [9.17, 15) is 0 Å². The molecule has 4 heterocycles. The summed E-state index contributed by atoms with van der Waals surface area (Å²) in [6.07, 6.45) is 9.33. The highest BCUT2D eigenvalue weighted by molar-refractivity contribution is 5.74. The monoisotopic (exact) mass is 484 g/mol. The molecule has 0 N–H and O–H groups in total. The van der Waals surface area contributed by atoms with Gasteiger partial charge in [-0.3, -0.25) is 0 Å². The van der Waals surface area contributed by atoms with Gasteiger partial charge in [-0.25, -0.2) is 9.97 Å². The fourth-order valence-corrected chi connectivity index (χ4v) is 6.13. The van der Waals surface area contributed by atoms with Crippen LogP contribution in [0.15, 0.2) is 48.7 Å². The molecule has 0 amide bonds. The number of hydrogen-bond donors (Lipinski definition) is 0. The van der Waals surface area contributed by atoms with E-state index in [-0.39, 0.29) is 0 Å². The lowest BCUT2D eigenvalue weighted by atomic mass is 9.92. The zero-order valence-electron chi connectivity index (χ0n) is 21.7. The molecule has 2 aliphatic heterocycles. The minimum Gasteiger partial charge on any atom is -0.378 e. The van der Waals surface area contributed by atoms with Gasteiger partial charge >= 0.3 is 0 Å². The third kappa shape index (κ3) is 5.57. The molecule has 1 saturated carbocycles.